The summed E-state index contributed by atoms with van der Waals surface area (Å²) in [6.07, 6.45) is 6.00. The van der Waals surface area contributed by atoms with Gasteiger partial charge >= 0.3 is 0 Å². The van der Waals surface area contributed by atoms with Gasteiger partial charge in [-0.15, -0.1) is 0 Å². The molecule has 0 N–H and O–H groups in total. The van der Waals surface area contributed by atoms with E-state index in [9.17, 15) is 9.59 Å². The van der Waals surface area contributed by atoms with E-state index < -0.39 is 0 Å². The van der Waals surface area contributed by atoms with Gasteiger partial charge in [-0.25, -0.2) is 9.67 Å². The van der Waals surface area contributed by atoms with E-state index in [1.807, 2.05) is 23.1 Å². The molecule has 3 aromatic rings. The molecule has 4 rings (SSSR count). The minimum Gasteiger partial charge on any atom is -0.336 e. The molecule has 0 bridgehead atoms. The zero-order valence-corrected chi connectivity index (χ0v) is 16.6. The summed E-state index contributed by atoms with van der Waals surface area (Å²) in [4.78, 5) is 32.0. The second kappa shape index (κ2) is 7.39. The summed E-state index contributed by atoms with van der Waals surface area (Å²) in [5.41, 5.74) is 0.784. The summed E-state index contributed by atoms with van der Waals surface area (Å²) in [6, 6.07) is 7.61. The fourth-order valence-electron chi connectivity index (χ4n) is 4.00. The Balaban J connectivity index is 1.67. The summed E-state index contributed by atoms with van der Waals surface area (Å²) in [7, 11) is 0. The second-order valence-electron chi connectivity index (χ2n) is 7.35. The maximum absolute atomic E-state index is 12.9. The SMILES string of the molecule is C[C@@H]1CCC[C@H](C)N1C(=O)Cn1cnc2c(cnn2-c2ccccc2Cl)c1=O. The first-order valence-electron chi connectivity index (χ1n) is 9.46. The second-order valence-corrected chi connectivity index (χ2v) is 7.76. The van der Waals surface area contributed by atoms with Gasteiger partial charge in [0, 0.05) is 12.1 Å². The monoisotopic (exact) mass is 399 g/mol. The lowest BCUT2D eigenvalue weighted by Crippen LogP contribution is -2.49. The number of amides is 1. The predicted octanol–water partition coefficient (Wildman–Crippen LogP) is 3.03. The van der Waals surface area contributed by atoms with Gasteiger partial charge in [0.1, 0.15) is 18.3 Å². The van der Waals surface area contributed by atoms with E-state index in [-0.39, 0.29) is 30.1 Å². The lowest BCUT2D eigenvalue weighted by atomic mass is 9.97. The van der Waals surface area contributed by atoms with E-state index in [4.69, 9.17) is 11.6 Å². The minimum atomic E-state index is -0.283. The van der Waals surface area contributed by atoms with Crippen LogP contribution in [0.25, 0.3) is 16.7 Å². The molecule has 1 fully saturated rings. The minimum absolute atomic E-state index is 0.0201. The highest BCUT2D eigenvalue weighted by molar-refractivity contribution is 6.32. The van der Waals surface area contributed by atoms with Gasteiger partial charge in [0.25, 0.3) is 5.56 Å². The molecule has 1 saturated heterocycles. The van der Waals surface area contributed by atoms with E-state index in [1.165, 1.54) is 17.1 Å². The Bertz CT molecular complexity index is 1080. The predicted molar refractivity (Wildman–Crippen MR) is 108 cm³/mol. The lowest BCUT2D eigenvalue weighted by molar-refractivity contribution is -0.138. The smallest absolute Gasteiger partial charge is 0.264 e. The van der Waals surface area contributed by atoms with Crippen molar-refractivity contribution in [2.45, 2.75) is 51.7 Å². The van der Waals surface area contributed by atoms with Gasteiger partial charge < -0.3 is 4.90 Å². The number of rotatable bonds is 3. The number of halogens is 1. The van der Waals surface area contributed by atoms with E-state index in [0.717, 1.165) is 19.3 Å². The standard InChI is InChI=1S/C20H22ClN5O2/c1-13-6-5-7-14(2)25(13)18(27)11-24-12-22-19-15(20(24)28)10-23-26(19)17-9-4-3-8-16(17)21/h3-4,8-10,12-14H,5-7,11H2,1-2H3/t13-,14+. The highest BCUT2D eigenvalue weighted by Gasteiger charge is 2.29. The van der Waals surface area contributed by atoms with E-state index >= 15 is 0 Å². The van der Waals surface area contributed by atoms with Crippen molar-refractivity contribution in [1.29, 1.82) is 0 Å². The van der Waals surface area contributed by atoms with E-state index in [1.54, 1.807) is 10.7 Å². The molecule has 0 aliphatic carbocycles. The molecular formula is C20H22ClN5O2. The molecule has 7 nitrogen and oxygen atoms in total. The molecule has 3 heterocycles. The number of hydrogen-bond acceptors (Lipinski definition) is 4. The molecule has 0 radical (unpaired) electrons. The van der Waals surface area contributed by atoms with Crippen molar-refractivity contribution >= 4 is 28.5 Å². The van der Waals surface area contributed by atoms with Crippen molar-refractivity contribution in [3.05, 3.63) is 52.2 Å². The van der Waals surface area contributed by atoms with Crippen LogP contribution in [0.15, 0.2) is 41.6 Å². The van der Waals surface area contributed by atoms with Crippen molar-refractivity contribution in [2.75, 3.05) is 0 Å². The van der Waals surface area contributed by atoms with Crippen LogP contribution in [0.3, 0.4) is 0 Å². The number of fused-ring (bicyclic) bond motifs is 1. The van der Waals surface area contributed by atoms with E-state index in [0.29, 0.717) is 21.7 Å². The fraction of sp³-hybridized carbons (Fsp3) is 0.400. The zero-order valence-electron chi connectivity index (χ0n) is 15.9. The Hall–Kier alpha value is -2.67. The van der Waals surface area contributed by atoms with Gasteiger partial charge in [-0.05, 0) is 45.2 Å². The Morgan fingerprint density at radius 2 is 1.93 bits per heavy atom. The van der Waals surface area contributed by atoms with E-state index in [2.05, 4.69) is 23.9 Å². The Morgan fingerprint density at radius 3 is 2.64 bits per heavy atom. The van der Waals surface area contributed by atoms with Crippen molar-refractivity contribution in [3.8, 4) is 5.69 Å². The van der Waals surface area contributed by atoms with Crippen LogP contribution in [0.1, 0.15) is 33.1 Å². The van der Waals surface area contributed by atoms with Crippen molar-refractivity contribution in [1.82, 2.24) is 24.2 Å². The topological polar surface area (TPSA) is 73.0 Å². The van der Waals surface area contributed by atoms with Gasteiger partial charge in [0.05, 0.1) is 16.9 Å². The first-order chi connectivity index (χ1) is 13.5. The van der Waals surface area contributed by atoms with Gasteiger partial charge in [-0.3, -0.25) is 14.2 Å². The van der Waals surface area contributed by atoms with Crippen LogP contribution in [0.4, 0.5) is 0 Å². The Morgan fingerprint density at radius 1 is 1.21 bits per heavy atom. The third kappa shape index (κ3) is 3.20. The summed E-state index contributed by atoms with van der Waals surface area (Å²) < 4.78 is 2.90. The first kappa shape index (κ1) is 18.7. The molecule has 1 aromatic carbocycles. The van der Waals surface area contributed by atoms with Gasteiger partial charge in [0.15, 0.2) is 5.65 Å². The molecule has 146 valence electrons. The largest absolute Gasteiger partial charge is 0.336 e. The molecule has 8 heteroatoms. The molecule has 28 heavy (non-hydrogen) atoms. The molecule has 0 spiro atoms. The molecule has 1 aliphatic rings. The average Bonchev–Trinajstić information content (AvgIpc) is 3.09. The molecule has 2 atom stereocenters. The van der Waals surface area contributed by atoms with Crippen LogP contribution in [-0.2, 0) is 11.3 Å². The number of hydrogen-bond donors (Lipinski definition) is 0. The normalized spacial score (nSPS) is 19.9. The molecule has 1 aliphatic heterocycles. The third-order valence-electron chi connectivity index (χ3n) is 5.42. The molecule has 0 saturated carbocycles. The van der Waals surface area contributed by atoms with Crippen LogP contribution in [0, 0.1) is 0 Å². The highest BCUT2D eigenvalue weighted by Crippen LogP contribution is 2.23. The summed E-state index contributed by atoms with van der Waals surface area (Å²) in [5.74, 6) is -0.0542. The van der Waals surface area contributed by atoms with Gasteiger partial charge in [-0.2, -0.15) is 5.10 Å². The van der Waals surface area contributed by atoms with Crippen molar-refractivity contribution < 1.29 is 4.79 Å². The summed E-state index contributed by atoms with van der Waals surface area (Å²) in [6.45, 7) is 4.10. The molecule has 2 aromatic heterocycles. The van der Waals surface area contributed by atoms with Crippen LogP contribution < -0.4 is 5.56 Å². The van der Waals surface area contributed by atoms with Crippen LogP contribution in [0.5, 0.6) is 0 Å². The highest BCUT2D eigenvalue weighted by atomic mass is 35.5. The van der Waals surface area contributed by atoms with Crippen molar-refractivity contribution in [3.63, 3.8) is 0 Å². The molecular weight excluding hydrogens is 378 g/mol. The average molecular weight is 400 g/mol. The third-order valence-corrected chi connectivity index (χ3v) is 5.74. The first-order valence-corrected chi connectivity index (χ1v) is 9.84. The maximum atomic E-state index is 12.9. The Kier molecular flexibility index (Phi) is 4.93. The number of nitrogens with zero attached hydrogens (tertiary/aromatic N) is 5. The van der Waals surface area contributed by atoms with Crippen molar-refractivity contribution in [2.24, 2.45) is 0 Å². The number of carbonyl (C=O) groups is 1. The lowest BCUT2D eigenvalue weighted by Gasteiger charge is -2.39. The van der Waals surface area contributed by atoms with Gasteiger partial charge in [-0.1, -0.05) is 23.7 Å². The molecule has 0 unspecified atom stereocenters. The van der Waals surface area contributed by atoms with Crippen LogP contribution in [-0.4, -0.2) is 42.2 Å². The quantitative estimate of drug-likeness (QED) is 0.678. The fourth-order valence-corrected chi connectivity index (χ4v) is 4.22. The number of para-hydroxylation sites is 1. The number of carbonyl (C=O) groups excluding carboxylic acids is 1. The van der Waals surface area contributed by atoms with Crippen LogP contribution in [0.2, 0.25) is 5.02 Å². The zero-order chi connectivity index (χ0) is 19.8. The van der Waals surface area contributed by atoms with Crippen LogP contribution >= 0.6 is 11.6 Å². The number of piperidine rings is 1. The molecule has 1 amide bonds. The number of benzene rings is 1. The number of aromatic nitrogens is 4. The summed E-state index contributed by atoms with van der Waals surface area (Å²) >= 11 is 6.25. The summed E-state index contributed by atoms with van der Waals surface area (Å²) in [5, 5.41) is 5.15. The Labute approximate surface area is 167 Å². The van der Waals surface area contributed by atoms with Gasteiger partial charge in [0.2, 0.25) is 5.91 Å². The number of likely N-dealkylation sites (tertiary alicyclic amines) is 1. The maximum Gasteiger partial charge on any atom is 0.264 e.